The summed E-state index contributed by atoms with van der Waals surface area (Å²) in [6.07, 6.45) is 2.97. The fraction of sp³-hybridized carbons (Fsp3) is 0.438. The van der Waals surface area contributed by atoms with Gasteiger partial charge in [-0.3, -0.25) is 4.79 Å². The Morgan fingerprint density at radius 2 is 2.00 bits per heavy atom. The number of fused-ring (bicyclic) bond motifs is 1. The molecule has 1 atom stereocenters. The number of ketones is 1. The van der Waals surface area contributed by atoms with Crippen LogP contribution in [0.2, 0.25) is 0 Å². The van der Waals surface area contributed by atoms with Crippen molar-refractivity contribution in [1.29, 1.82) is 0 Å². The third kappa shape index (κ3) is 2.76. The van der Waals surface area contributed by atoms with Crippen LogP contribution in [-0.4, -0.2) is 10.9 Å². The van der Waals surface area contributed by atoms with Crippen LogP contribution in [-0.2, 0) is 0 Å². The van der Waals surface area contributed by atoms with Gasteiger partial charge >= 0.3 is 0 Å². The molecule has 0 bridgehead atoms. The summed E-state index contributed by atoms with van der Waals surface area (Å²) in [5.41, 5.74) is 0.887. The van der Waals surface area contributed by atoms with Crippen LogP contribution in [0.3, 0.4) is 0 Å². The van der Waals surface area contributed by atoms with Gasteiger partial charge in [-0.25, -0.2) is 4.39 Å². The minimum atomic E-state index is -1.10. The van der Waals surface area contributed by atoms with E-state index in [4.69, 9.17) is 0 Å². The largest absolute Gasteiger partial charge is 0.383 e. The molecule has 3 heteroatoms. The van der Waals surface area contributed by atoms with Gasteiger partial charge in [-0.05, 0) is 18.4 Å². The summed E-state index contributed by atoms with van der Waals surface area (Å²) in [6.45, 7) is 2.09. The lowest BCUT2D eigenvalue weighted by Gasteiger charge is -2.06. The van der Waals surface area contributed by atoms with Crippen molar-refractivity contribution >= 4 is 5.78 Å². The molecular weight excluding hydrogens is 243 g/mol. The lowest BCUT2D eigenvalue weighted by molar-refractivity contribution is 0.101. The molecule has 2 nitrogen and oxygen atoms in total. The minimum Gasteiger partial charge on any atom is -0.383 e. The highest BCUT2D eigenvalue weighted by Gasteiger charge is 2.35. The van der Waals surface area contributed by atoms with Gasteiger partial charge in [0.2, 0.25) is 0 Å². The van der Waals surface area contributed by atoms with Gasteiger partial charge in [-0.1, -0.05) is 50.5 Å². The van der Waals surface area contributed by atoms with Crippen molar-refractivity contribution in [2.75, 3.05) is 0 Å². The van der Waals surface area contributed by atoms with Crippen molar-refractivity contribution in [2.24, 2.45) is 0 Å². The molecular formula is C16H19FO2. The van der Waals surface area contributed by atoms with Crippen molar-refractivity contribution in [3.63, 3.8) is 0 Å². The van der Waals surface area contributed by atoms with Crippen LogP contribution in [0.25, 0.3) is 0 Å². The molecule has 0 heterocycles. The van der Waals surface area contributed by atoms with E-state index in [1.54, 1.807) is 24.3 Å². The summed E-state index contributed by atoms with van der Waals surface area (Å²) in [4.78, 5) is 12.1. The van der Waals surface area contributed by atoms with E-state index in [2.05, 4.69) is 6.92 Å². The molecule has 1 aromatic carbocycles. The normalized spacial score (nSPS) is 20.6. The van der Waals surface area contributed by atoms with Gasteiger partial charge < -0.3 is 5.11 Å². The molecule has 1 N–H and O–H groups in total. The topological polar surface area (TPSA) is 37.3 Å². The predicted octanol–water partition coefficient (Wildman–Crippen LogP) is 4.11. The highest BCUT2D eigenvalue weighted by Crippen LogP contribution is 2.38. The smallest absolute Gasteiger partial charge is 0.194 e. The number of halogens is 1. The fourth-order valence-corrected chi connectivity index (χ4v) is 2.48. The molecule has 1 aliphatic carbocycles. The first-order valence-electron chi connectivity index (χ1n) is 6.87. The van der Waals surface area contributed by atoms with Gasteiger partial charge in [0.15, 0.2) is 5.78 Å². The Bertz CT molecular complexity index is 505. The molecule has 0 fully saturated rings. The number of carbonyl (C=O) groups is 1. The van der Waals surface area contributed by atoms with Crippen LogP contribution in [0.4, 0.5) is 4.39 Å². The summed E-state index contributed by atoms with van der Waals surface area (Å²) in [6, 6.07) is 6.79. The zero-order chi connectivity index (χ0) is 13.8. The third-order valence-electron chi connectivity index (χ3n) is 3.56. The van der Waals surface area contributed by atoms with E-state index in [-0.39, 0.29) is 17.8 Å². The van der Waals surface area contributed by atoms with E-state index >= 15 is 0 Å². The second kappa shape index (κ2) is 6.11. The molecule has 0 saturated heterocycles. The molecule has 102 valence electrons. The predicted molar refractivity (Wildman–Crippen MR) is 72.6 cm³/mol. The Hall–Kier alpha value is -1.48. The lowest BCUT2D eigenvalue weighted by atomic mass is 10.0. The number of aliphatic hydroxyl groups is 1. The Morgan fingerprint density at radius 3 is 2.68 bits per heavy atom. The molecule has 0 spiro atoms. The molecule has 1 aromatic rings. The van der Waals surface area contributed by atoms with Crippen LogP contribution in [0.15, 0.2) is 35.7 Å². The van der Waals surface area contributed by atoms with Crippen molar-refractivity contribution < 1.29 is 14.3 Å². The summed E-state index contributed by atoms with van der Waals surface area (Å²) < 4.78 is 14.1. The quantitative estimate of drug-likeness (QED) is 0.640. The maximum absolute atomic E-state index is 14.1. The first-order valence-corrected chi connectivity index (χ1v) is 6.87. The molecule has 0 radical (unpaired) electrons. The number of hydrogen-bond donors (Lipinski definition) is 1. The standard InChI is InChI=1S/C16H19FO2/c1-2-3-4-5-10-13(17)14-15(18)11-8-6-7-9-12(11)16(14)19/h6-9,15,18H,2-5,10H2,1H3/b14-13+. The van der Waals surface area contributed by atoms with Crippen LogP contribution in [0.5, 0.6) is 0 Å². The molecule has 1 aliphatic rings. The third-order valence-corrected chi connectivity index (χ3v) is 3.56. The Morgan fingerprint density at radius 1 is 1.26 bits per heavy atom. The number of unbranched alkanes of at least 4 members (excludes halogenated alkanes) is 3. The van der Waals surface area contributed by atoms with Crippen LogP contribution in [0, 0.1) is 0 Å². The Labute approximate surface area is 113 Å². The first-order chi connectivity index (χ1) is 9.16. The zero-order valence-electron chi connectivity index (χ0n) is 11.2. The van der Waals surface area contributed by atoms with E-state index in [1.165, 1.54) is 0 Å². The van der Waals surface area contributed by atoms with Gasteiger partial charge in [0.25, 0.3) is 0 Å². The Balaban J connectivity index is 2.15. The van der Waals surface area contributed by atoms with Crippen molar-refractivity contribution in [3.8, 4) is 0 Å². The number of Topliss-reactive ketones (excluding diaryl/α,β-unsaturated/α-hetero) is 1. The SMILES string of the molecule is CCCCCC/C(F)=C1\C(=O)c2ccccc2C1O. The fourth-order valence-electron chi connectivity index (χ4n) is 2.48. The minimum absolute atomic E-state index is 0.0577. The summed E-state index contributed by atoms with van der Waals surface area (Å²) >= 11 is 0. The van der Waals surface area contributed by atoms with E-state index in [0.29, 0.717) is 11.1 Å². The number of allylic oxidation sites excluding steroid dienone is 1. The second-order valence-electron chi connectivity index (χ2n) is 4.95. The van der Waals surface area contributed by atoms with E-state index < -0.39 is 11.9 Å². The van der Waals surface area contributed by atoms with Crippen molar-refractivity contribution in [1.82, 2.24) is 0 Å². The maximum atomic E-state index is 14.1. The summed E-state index contributed by atoms with van der Waals surface area (Å²) in [7, 11) is 0. The molecule has 19 heavy (non-hydrogen) atoms. The van der Waals surface area contributed by atoms with Gasteiger partial charge in [-0.15, -0.1) is 0 Å². The average molecular weight is 262 g/mol. The van der Waals surface area contributed by atoms with E-state index in [9.17, 15) is 14.3 Å². The number of rotatable bonds is 5. The van der Waals surface area contributed by atoms with Gasteiger partial charge in [0.05, 0.1) is 5.57 Å². The van der Waals surface area contributed by atoms with Crippen molar-refractivity contribution in [3.05, 3.63) is 46.8 Å². The van der Waals surface area contributed by atoms with Gasteiger partial charge in [0.1, 0.15) is 11.9 Å². The van der Waals surface area contributed by atoms with Gasteiger partial charge in [0, 0.05) is 5.56 Å². The maximum Gasteiger partial charge on any atom is 0.194 e. The molecule has 0 saturated carbocycles. The molecule has 2 rings (SSSR count). The number of carbonyl (C=O) groups excluding carboxylic acids is 1. The van der Waals surface area contributed by atoms with E-state index in [1.807, 2.05) is 0 Å². The van der Waals surface area contributed by atoms with Crippen LogP contribution in [0.1, 0.15) is 61.1 Å². The summed E-state index contributed by atoms with van der Waals surface area (Å²) in [5, 5.41) is 10.1. The van der Waals surface area contributed by atoms with Crippen molar-refractivity contribution in [2.45, 2.75) is 45.1 Å². The first kappa shape index (κ1) is 13.9. The summed E-state index contributed by atoms with van der Waals surface area (Å²) in [5.74, 6) is -0.819. The van der Waals surface area contributed by atoms with Crippen LogP contribution >= 0.6 is 0 Å². The highest BCUT2D eigenvalue weighted by atomic mass is 19.1. The van der Waals surface area contributed by atoms with Gasteiger partial charge in [-0.2, -0.15) is 0 Å². The monoisotopic (exact) mass is 262 g/mol. The average Bonchev–Trinajstić information content (AvgIpc) is 2.68. The number of benzene rings is 1. The highest BCUT2D eigenvalue weighted by molar-refractivity contribution is 6.14. The van der Waals surface area contributed by atoms with E-state index in [0.717, 1.165) is 25.7 Å². The molecule has 1 unspecified atom stereocenters. The number of hydrogen-bond acceptors (Lipinski definition) is 2. The molecule has 0 aliphatic heterocycles. The lowest BCUT2D eigenvalue weighted by Crippen LogP contribution is -2.02. The van der Waals surface area contributed by atoms with Crippen LogP contribution < -0.4 is 0 Å². The molecule has 0 amide bonds. The second-order valence-corrected chi connectivity index (χ2v) is 4.95. The number of aliphatic hydroxyl groups excluding tert-OH is 1. The Kier molecular flexibility index (Phi) is 4.48. The zero-order valence-corrected chi connectivity index (χ0v) is 11.2. The molecule has 0 aromatic heterocycles.